The van der Waals surface area contributed by atoms with Crippen LogP contribution in [0.15, 0.2) is 6.33 Å². The smallest absolute Gasteiger partial charge is 0.151 e. The number of nitrogens with two attached hydrogens (primary N) is 1. The first-order chi connectivity index (χ1) is 9.31. The molecule has 1 aliphatic rings. The topological polar surface area (TPSA) is 77.0 Å². The largest absolute Gasteiger partial charge is 0.396 e. The van der Waals surface area contributed by atoms with Crippen LogP contribution in [0, 0.1) is 0 Å². The van der Waals surface area contributed by atoms with Gasteiger partial charge in [-0.1, -0.05) is 0 Å². The molecule has 3 rings (SSSR count). The average molecular weight is 260 g/mol. The van der Waals surface area contributed by atoms with Gasteiger partial charge in [0.1, 0.15) is 5.52 Å². The molecule has 0 radical (unpaired) electrons. The summed E-state index contributed by atoms with van der Waals surface area (Å²) in [5.41, 5.74) is 10.5. The van der Waals surface area contributed by atoms with Crippen molar-refractivity contribution >= 4 is 16.9 Å². The van der Waals surface area contributed by atoms with E-state index in [1.165, 1.54) is 23.9 Å². The van der Waals surface area contributed by atoms with Crippen LogP contribution >= 0.6 is 0 Å². The molecule has 0 aliphatic heterocycles. The Morgan fingerprint density at radius 2 is 2.11 bits per heavy atom. The van der Waals surface area contributed by atoms with E-state index in [4.69, 9.17) is 10.8 Å². The van der Waals surface area contributed by atoms with E-state index in [0.29, 0.717) is 5.82 Å². The van der Waals surface area contributed by atoms with E-state index in [2.05, 4.69) is 14.5 Å². The molecule has 1 aliphatic carbocycles. The third kappa shape index (κ3) is 2.18. The van der Waals surface area contributed by atoms with E-state index in [9.17, 15) is 0 Å². The molecule has 0 aromatic carbocycles. The molecular weight excluding hydrogens is 240 g/mol. The number of anilines is 1. The summed E-state index contributed by atoms with van der Waals surface area (Å²) in [4.78, 5) is 8.93. The number of nitrogen functional groups attached to an aromatic ring is 1. The lowest BCUT2D eigenvalue weighted by Gasteiger charge is -2.17. The number of imidazole rings is 1. The Labute approximate surface area is 112 Å². The summed E-state index contributed by atoms with van der Waals surface area (Å²) >= 11 is 0. The Morgan fingerprint density at radius 1 is 1.26 bits per heavy atom. The van der Waals surface area contributed by atoms with Crippen LogP contribution in [0.4, 0.5) is 5.82 Å². The highest BCUT2D eigenvalue weighted by atomic mass is 16.2. The van der Waals surface area contributed by atoms with Gasteiger partial charge in [-0.3, -0.25) is 0 Å². The van der Waals surface area contributed by atoms with Crippen LogP contribution in [-0.4, -0.2) is 26.2 Å². The van der Waals surface area contributed by atoms with Crippen molar-refractivity contribution in [1.29, 1.82) is 0 Å². The predicted molar refractivity (Wildman–Crippen MR) is 74.9 cm³/mol. The normalized spacial score (nSPS) is 14.8. The number of aliphatic hydroxyl groups excluding tert-OH is 1. The molecular formula is C14H20N4O. The minimum Gasteiger partial charge on any atom is -0.396 e. The predicted octanol–water partition coefficient (Wildman–Crippen LogP) is 1.66. The van der Waals surface area contributed by atoms with Gasteiger partial charge in [0.15, 0.2) is 5.82 Å². The van der Waals surface area contributed by atoms with Crippen LogP contribution in [0.3, 0.4) is 0 Å². The van der Waals surface area contributed by atoms with Crippen molar-refractivity contribution in [3.8, 4) is 0 Å². The number of aromatic nitrogens is 3. The maximum atomic E-state index is 8.89. The summed E-state index contributed by atoms with van der Waals surface area (Å²) in [7, 11) is 0. The highest BCUT2D eigenvalue weighted by molar-refractivity contribution is 5.88. The molecule has 102 valence electrons. The molecule has 19 heavy (non-hydrogen) atoms. The number of unbranched alkanes of at least 4 members (excludes halogenated alkanes) is 1. The second-order valence-electron chi connectivity index (χ2n) is 5.20. The van der Waals surface area contributed by atoms with Crippen molar-refractivity contribution in [1.82, 2.24) is 14.5 Å². The van der Waals surface area contributed by atoms with E-state index in [0.717, 1.165) is 43.4 Å². The van der Waals surface area contributed by atoms with Crippen LogP contribution in [0.25, 0.3) is 11.0 Å². The van der Waals surface area contributed by atoms with Crippen LogP contribution in [0.2, 0.25) is 0 Å². The van der Waals surface area contributed by atoms with E-state index in [1.54, 1.807) is 0 Å². The highest BCUT2D eigenvalue weighted by Gasteiger charge is 2.19. The monoisotopic (exact) mass is 260 g/mol. The third-order valence-corrected chi connectivity index (χ3v) is 3.87. The molecule has 2 aromatic rings. The van der Waals surface area contributed by atoms with Crippen molar-refractivity contribution in [2.75, 3.05) is 12.3 Å². The molecule has 0 atom stereocenters. The lowest BCUT2D eigenvalue weighted by molar-refractivity contribution is 0.281. The van der Waals surface area contributed by atoms with Crippen molar-refractivity contribution in [3.63, 3.8) is 0 Å². The molecule has 0 unspecified atom stereocenters. The van der Waals surface area contributed by atoms with Gasteiger partial charge in [-0.05, 0) is 44.1 Å². The van der Waals surface area contributed by atoms with E-state index >= 15 is 0 Å². The SMILES string of the molecule is Nc1nc2c(c3c1ncn3CCCCO)CCCC2. The van der Waals surface area contributed by atoms with Gasteiger partial charge in [0.2, 0.25) is 0 Å². The van der Waals surface area contributed by atoms with Gasteiger partial charge >= 0.3 is 0 Å². The first kappa shape index (κ1) is 12.4. The van der Waals surface area contributed by atoms with Gasteiger partial charge in [-0.2, -0.15) is 0 Å². The fourth-order valence-electron chi connectivity index (χ4n) is 2.92. The van der Waals surface area contributed by atoms with Gasteiger partial charge in [0, 0.05) is 18.8 Å². The summed E-state index contributed by atoms with van der Waals surface area (Å²) in [6.07, 6.45) is 8.15. The lowest BCUT2D eigenvalue weighted by atomic mass is 9.95. The summed E-state index contributed by atoms with van der Waals surface area (Å²) < 4.78 is 2.17. The van der Waals surface area contributed by atoms with Crippen molar-refractivity contribution in [3.05, 3.63) is 17.6 Å². The van der Waals surface area contributed by atoms with Gasteiger partial charge in [-0.15, -0.1) is 0 Å². The molecule has 2 heterocycles. The van der Waals surface area contributed by atoms with E-state index < -0.39 is 0 Å². The minimum atomic E-state index is 0.244. The van der Waals surface area contributed by atoms with Crippen LogP contribution in [0.5, 0.6) is 0 Å². The number of rotatable bonds is 4. The van der Waals surface area contributed by atoms with E-state index in [1.807, 2.05) is 6.33 Å². The minimum absolute atomic E-state index is 0.244. The summed E-state index contributed by atoms with van der Waals surface area (Å²) in [6, 6.07) is 0. The molecule has 5 nitrogen and oxygen atoms in total. The van der Waals surface area contributed by atoms with Gasteiger partial charge < -0.3 is 15.4 Å². The highest BCUT2D eigenvalue weighted by Crippen LogP contribution is 2.30. The maximum Gasteiger partial charge on any atom is 0.151 e. The fraction of sp³-hybridized carbons (Fsp3) is 0.571. The summed E-state index contributed by atoms with van der Waals surface area (Å²) in [6.45, 7) is 1.13. The number of hydrogen-bond donors (Lipinski definition) is 2. The Bertz CT molecular complexity index is 591. The zero-order valence-electron chi connectivity index (χ0n) is 11.1. The Hall–Kier alpha value is -1.62. The van der Waals surface area contributed by atoms with Crippen molar-refractivity contribution in [2.24, 2.45) is 0 Å². The Morgan fingerprint density at radius 3 is 2.95 bits per heavy atom. The zero-order chi connectivity index (χ0) is 13.2. The number of hydrogen-bond acceptors (Lipinski definition) is 4. The standard InChI is InChI=1S/C14H20N4O/c15-14-12-13(10-5-1-2-6-11(10)17-14)18(9-16-12)7-3-4-8-19/h9,19H,1-8H2,(H2,15,17). The molecule has 0 amide bonds. The molecule has 3 N–H and O–H groups in total. The van der Waals surface area contributed by atoms with Crippen LogP contribution in [0.1, 0.15) is 36.9 Å². The quantitative estimate of drug-likeness (QED) is 0.820. The Balaban J connectivity index is 2.06. The molecule has 0 saturated heterocycles. The Kier molecular flexibility index (Phi) is 3.38. The zero-order valence-corrected chi connectivity index (χ0v) is 11.1. The lowest BCUT2D eigenvalue weighted by Crippen LogP contribution is -2.10. The van der Waals surface area contributed by atoms with E-state index in [-0.39, 0.29) is 6.61 Å². The summed E-state index contributed by atoms with van der Waals surface area (Å²) in [5.74, 6) is 0.552. The van der Waals surface area contributed by atoms with Gasteiger partial charge in [0.25, 0.3) is 0 Å². The number of nitrogens with zero attached hydrogens (tertiary/aromatic N) is 3. The first-order valence-corrected chi connectivity index (χ1v) is 7.04. The average Bonchev–Trinajstić information content (AvgIpc) is 2.84. The molecule has 0 fully saturated rings. The second-order valence-corrected chi connectivity index (χ2v) is 5.20. The van der Waals surface area contributed by atoms with Crippen LogP contribution < -0.4 is 5.73 Å². The summed E-state index contributed by atoms with van der Waals surface area (Å²) in [5, 5.41) is 8.89. The number of fused-ring (bicyclic) bond motifs is 3. The molecule has 2 aromatic heterocycles. The number of pyridine rings is 1. The third-order valence-electron chi connectivity index (χ3n) is 3.87. The van der Waals surface area contributed by atoms with Crippen molar-refractivity contribution < 1.29 is 5.11 Å². The van der Waals surface area contributed by atoms with Crippen molar-refractivity contribution in [2.45, 2.75) is 45.1 Å². The molecule has 5 heteroatoms. The van der Waals surface area contributed by atoms with Crippen LogP contribution in [-0.2, 0) is 19.4 Å². The first-order valence-electron chi connectivity index (χ1n) is 7.04. The molecule has 0 saturated carbocycles. The maximum absolute atomic E-state index is 8.89. The second kappa shape index (κ2) is 5.17. The van der Waals surface area contributed by atoms with Gasteiger partial charge in [0.05, 0.1) is 11.8 Å². The molecule has 0 spiro atoms. The number of aryl methyl sites for hydroxylation is 3. The molecule has 0 bridgehead atoms. The number of aliphatic hydroxyl groups is 1. The fourth-order valence-corrected chi connectivity index (χ4v) is 2.92. The van der Waals surface area contributed by atoms with Gasteiger partial charge in [-0.25, -0.2) is 9.97 Å².